The van der Waals surface area contributed by atoms with E-state index in [1.165, 1.54) is 0 Å². The van der Waals surface area contributed by atoms with Crippen LogP contribution in [-0.4, -0.2) is 45.1 Å². The first kappa shape index (κ1) is 20.2. The SMILES string of the molecule is C[C@@H]1CN(c2ccc(CNC(=O)c3ccc(CS(N)(=O)=O)cc3)cn2)CCO1. The molecule has 28 heavy (non-hydrogen) atoms. The summed E-state index contributed by atoms with van der Waals surface area (Å²) in [5.74, 6) is 0.401. The van der Waals surface area contributed by atoms with Gasteiger partial charge in [-0.2, -0.15) is 0 Å². The van der Waals surface area contributed by atoms with Gasteiger partial charge in [-0.25, -0.2) is 18.5 Å². The van der Waals surface area contributed by atoms with Crippen LogP contribution in [0.15, 0.2) is 42.6 Å². The molecule has 1 aromatic heterocycles. The molecular weight excluding hydrogens is 380 g/mol. The van der Waals surface area contributed by atoms with Crippen LogP contribution in [0.2, 0.25) is 0 Å². The average molecular weight is 404 g/mol. The number of ether oxygens (including phenoxy) is 1. The summed E-state index contributed by atoms with van der Waals surface area (Å²) in [6.45, 7) is 4.71. The minimum Gasteiger partial charge on any atom is -0.375 e. The fourth-order valence-electron chi connectivity index (χ4n) is 3.00. The van der Waals surface area contributed by atoms with Gasteiger partial charge < -0.3 is 15.0 Å². The Morgan fingerprint density at radius 1 is 1.25 bits per heavy atom. The predicted octanol–water partition coefficient (Wildman–Crippen LogP) is 1.03. The fraction of sp³-hybridized carbons (Fsp3) is 0.368. The molecule has 1 aliphatic heterocycles. The highest BCUT2D eigenvalue weighted by Gasteiger charge is 2.17. The van der Waals surface area contributed by atoms with Crippen LogP contribution in [0.1, 0.15) is 28.4 Å². The third-order valence-corrected chi connectivity index (χ3v) is 5.15. The monoisotopic (exact) mass is 404 g/mol. The quantitative estimate of drug-likeness (QED) is 0.743. The Kier molecular flexibility index (Phi) is 6.28. The number of sulfonamides is 1. The third kappa shape index (κ3) is 5.75. The van der Waals surface area contributed by atoms with E-state index in [4.69, 9.17) is 9.88 Å². The van der Waals surface area contributed by atoms with Gasteiger partial charge in [0.1, 0.15) is 5.82 Å². The Labute approximate surface area is 164 Å². The van der Waals surface area contributed by atoms with E-state index in [2.05, 4.69) is 15.2 Å². The van der Waals surface area contributed by atoms with E-state index in [0.717, 1.165) is 24.5 Å². The molecule has 3 rings (SSSR count). The molecule has 0 spiro atoms. The molecule has 0 aliphatic carbocycles. The molecule has 2 aromatic rings. The maximum Gasteiger partial charge on any atom is 0.251 e. The molecule has 0 unspecified atom stereocenters. The number of pyridine rings is 1. The van der Waals surface area contributed by atoms with Crippen molar-refractivity contribution in [2.45, 2.75) is 25.3 Å². The number of aromatic nitrogens is 1. The summed E-state index contributed by atoms with van der Waals surface area (Å²) in [7, 11) is -3.59. The number of primary sulfonamides is 1. The van der Waals surface area contributed by atoms with Crippen molar-refractivity contribution in [3.63, 3.8) is 0 Å². The molecule has 1 saturated heterocycles. The number of amides is 1. The van der Waals surface area contributed by atoms with Gasteiger partial charge in [0.25, 0.3) is 5.91 Å². The zero-order chi connectivity index (χ0) is 20.1. The number of rotatable bonds is 6. The van der Waals surface area contributed by atoms with Gasteiger partial charge >= 0.3 is 0 Å². The van der Waals surface area contributed by atoms with Crippen molar-refractivity contribution in [3.05, 3.63) is 59.3 Å². The van der Waals surface area contributed by atoms with E-state index in [1.807, 2.05) is 19.1 Å². The summed E-state index contributed by atoms with van der Waals surface area (Å²) in [5, 5.41) is 7.85. The standard InChI is InChI=1S/C19H24N4O4S/c1-14-12-23(8-9-27-14)18-7-4-16(10-21-18)11-22-19(24)17-5-2-15(3-6-17)13-28(20,25)26/h2-7,10,14H,8-9,11-13H2,1H3,(H,22,24)(H2,20,25,26)/t14-/m1/s1. The summed E-state index contributed by atoms with van der Waals surface area (Å²) in [6.07, 6.45) is 1.94. The average Bonchev–Trinajstić information content (AvgIpc) is 2.66. The van der Waals surface area contributed by atoms with Gasteiger partial charge in [0, 0.05) is 31.4 Å². The first-order chi connectivity index (χ1) is 13.3. The number of hydrogen-bond donors (Lipinski definition) is 2. The summed E-state index contributed by atoms with van der Waals surface area (Å²) >= 11 is 0. The number of morpholine rings is 1. The lowest BCUT2D eigenvalue weighted by Gasteiger charge is -2.32. The minimum atomic E-state index is -3.59. The first-order valence-electron chi connectivity index (χ1n) is 8.99. The fourth-order valence-corrected chi connectivity index (χ4v) is 3.66. The summed E-state index contributed by atoms with van der Waals surface area (Å²) in [4.78, 5) is 18.9. The number of carbonyl (C=O) groups excluding carboxylic acids is 1. The number of carbonyl (C=O) groups is 1. The van der Waals surface area contributed by atoms with Crippen molar-refractivity contribution >= 4 is 21.7 Å². The summed E-state index contributed by atoms with van der Waals surface area (Å²) < 4.78 is 27.7. The first-order valence-corrected chi connectivity index (χ1v) is 10.7. The number of hydrogen-bond acceptors (Lipinski definition) is 6. The second-order valence-corrected chi connectivity index (χ2v) is 8.45. The van der Waals surface area contributed by atoms with Gasteiger partial charge in [-0.1, -0.05) is 18.2 Å². The van der Waals surface area contributed by atoms with Gasteiger partial charge in [-0.15, -0.1) is 0 Å². The van der Waals surface area contributed by atoms with Crippen LogP contribution < -0.4 is 15.4 Å². The maximum atomic E-state index is 12.3. The third-order valence-electron chi connectivity index (χ3n) is 4.41. The molecule has 1 fully saturated rings. The van der Waals surface area contributed by atoms with Gasteiger partial charge in [0.05, 0.1) is 18.5 Å². The van der Waals surface area contributed by atoms with Crippen LogP contribution in [-0.2, 0) is 27.1 Å². The van der Waals surface area contributed by atoms with Gasteiger partial charge in [-0.3, -0.25) is 4.79 Å². The largest absolute Gasteiger partial charge is 0.375 e. The maximum absolute atomic E-state index is 12.3. The Hall–Kier alpha value is -2.49. The highest BCUT2D eigenvalue weighted by atomic mass is 32.2. The molecule has 0 saturated carbocycles. The summed E-state index contributed by atoms with van der Waals surface area (Å²) in [5.41, 5.74) is 1.88. The molecule has 150 valence electrons. The van der Waals surface area contributed by atoms with Crippen molar-refractivity contribution in [1.82, 2.24) is 10.3 Å². The molecule has 0 radical (unpaired) electrons. The van der Waals surface area contributed by atoms with E-state index in [1.54, 1.807) is 30.5 Å². The molecule has 3 N–H and O–H groups in total. The topological polar surface area (TPSA) is 115 Å². The second kappa shape index (κ2) is 8.68. The summed E-state index contributed by atoms with van der Waals surface area (Å²) in [6, 6.07) is 10.2. The van der Waals surface area contributed by atoms with Gasteiger partial charge in [-0.05, 0) is 36.2 Å². The molecule has 8 nitrogen and oxygen atoms in total. The molecule has 0 bridgehead atoms. The predicted molar refractivity (Wildman–Crippen MR) is 106 cm³/mol. The van der Waals surface area contributed by atoms with E-state index in [0.29, 0.717) is 24.3 Å². The van der Waals surface area contributed by atoms with Crippen molar-refractivity contribution in [3.8, 4) is 0 Å². The molecule has 1 aromatic carbocycles. The number of nitrogens with one attached hydrogen (secondary N) is 1. The zero-order valence-electron chi connectivity index (χ0n) is 15.7. The Morgan fingerprint density at radius 3 is 2.57 bits per heavy atom. The molecule has 1 amide bonds. The lowest BCUT2D eigenvalue weighted by molar-refractivity contribution is 0.0529. The van der Waals surface area contributed by atoms with Crippen LogP contribution in [0.3, 0.4) is 0 Å². The van der Waals surface area contributed by atoms with Gasteiger partial charge in [0.2, 0.25) is 10.0 Å². The molecule has 1 atom stereocenters. The Bertz CT molecular complexity index is 914. The number of nitrogens with two attached hydrogens (primary N) is 1. The van der Waals surface area contributed by atoms with Crippen molar-refractivity contribution < 1.29 is 17.9 Å². The van der Waals surface area contributed by atoms with Gasteiger partial charge in [0.15, 0.2) is 0 Å². The van der Waals surface area contributed by atoms with Crippen molar-refractivity contribution in [2.24, 2.45) is 5.14 Å². The number of anilines is 1. The molecule has 9 heteroatoms. The van der Waals surface area contributed by atoms with Crippen molar-refractivity contribution in [2.75, 3.05) is 24.6 Å². The normalized spacial score (nSPS) is 17.4. The van der Waals surface area contributed by atoms with Crippen LogP contribution in [0.4, 0.5) is 5.82 Å². The zero-order valence-corrected chi connectivity index (χ0v) is 16.5. The van der Waals surface area contributed by atoms with E-state index in [-0.39, 0.29) is 17.8 Å². The van der Waals surface area contributed by atoms with Crippen LogP contribution in [0, 0.1) is 0 Å². The minimum absolute atomic E-state index is 0.186. The highest BCUT2D eigenvalue weighted by molar-refractivity contribution is 7.88. The van der Waals surface area contributed by atoms with Crippen LogP contribution in [0.5, 0.6) is 0 Å². The smallest absolute Gasteiger partial charge is 0.251 e. The van der Waals surface area contributed by atoms with Crippen LogP contribution in [0.25, 0.3) is 0 Å². The lowest BCUT2D eigenvalue weighted by atomic mass is 10.1. The second-order valence-electron chi connectivity index (χ2n) is 6.84. The van der Waals surface area contributed by atoms with E-state index in [9.17, 15) is 13.2 Å². The van der Waals surface area contributed by atoms with E-state index >= 15 is 0 Å². The van der Waals surface area contributed by atoms with Crippen LogP contribution >= 0.6 is 0 Å². The van der Waals surface area contributed by atoms with Crippen molar-refractivity contribution in [1.29, 1.82) is 0 Å². The lowest BCUT2D eigenvalue weighted by Crippen LogP contribution is -2.41. The number of nitrogens with zero attached hydrogens (tertiary/aromatic N) is 2. The Morgan fingerprint density at radius 2 is 1.96 bits per heavy atom. The molecule has 1 aliphatic rings. The molecular formula is C19H24N4O4S. The molecule has 2 heterocycles. The highest BCUT2D eigenvalue weighted by Crippen LogP contribution is 2.15. The Balaban J connectivity index is 1.54. The number of benzene rings is 1. The van der Waals surface area contributed by atoms with E-state index < -0.39 is 10.0 Å².